The Kier molecular flexibility index (Phi) is 9.56. The number of anilines is 1. The molecule has 3 aromatic rings. The van der Waals surface area contributed by atoms with E-state index in [1.807, 2.05) is 6.92 Å². The lowest BCUT2D eigenvalue weighted by Crippen LogP contribution is -2.41. The number of carbonyl (C=O) groups is 1. The fourth-order valence-corrected chi connectivity index (χ4v) is 5.65. The summed E-state index contributed by atoms with van der Waals surface area (Å²) in [5.74, 6) is 1.25. The van der Waals surface area contributed by atoms with Crippen molar-refractivity contribution in [1.29, 1.82) is 0 Å². The van der Waals surface area contributed by atoms with Gasteiger partial charge in [-0.2, -0.15) is 11.8 Å². The molecule has 1 amide bonds. The van der Waals surface area contributed by atoms with E-state index in [2.05, 4.69) is 5.32 Å². The van der Waals surface area contributed by atoms with Gasteiger partial charge in [-0.05, 0) is 67.1 Å². The Bertz CT molecular complexity index is 1220. The van der Waals surface area contributed by atoms with Crippen molar-refractivity contribution in [3.63, 3.8) is 0 Å². The van der Waals surface area contributed by atoms with E-state index in [4.69, 9.17) is 4.74 Å². The third-order valence-corrected chi connectivity index (χ3v) is 8.14. The number of methoxy groups -OCH3 is 1. The van der Waals surface area contributed by atoms with Crippen LogP contribution in [0.4, 0.5) is 10.1 Å². The molecule has 0 saturated heterocycles. The third-order valence-electron chi connectivity index (χ3n) is 5.26. The molecule has 186 valence electrons. The Balaban J connectivity index is 1.60. The summed E-state index contributed by atoms with van der Waals surface area (Å²) in [6, 6.07) is 19.7. The van der Waals surface area contributed by atoms with Crippen LogP contribution in [0.3, 0.4) is 0 Å². The summed E-state index contributed by atoms with van der Waals surface area (Å²) in [4.78, 5) is 12.8. The molecule has 0 saturated carbocycles. The van der Waals surface area contributed by atoms with Crippen LogP contribution in [0.2, 0.25) is 0 Å². The molecule has 0 fully saturated rings. The van der Waals surface area contributed by atoms with Crippen molar-refractivity contribution in [2.75, 3.05) is 30.3 Å². The van der Waals surface area contributed by atoms with E-state index in [9.17, 15) is 17.6 Å². The highest BCUT2D eigenvalue weighted by Gasteiger charge is 2.27. The first-order valence-electron chi connectivity index (χ1n) is 11.1. The van der Waals surface area contributed by atoms with Crippen molar-refractivity contribution in [3.8, 4) is 5.75 Å². The number of carbonyl (C=O) groups excluding carboxylic acids is 1. The second-order valence-corrected chi connectivity index (χ2v) is 10.8. The van der Waals surface area contributed by atoms with Gasteiger partial charge in [0.15, 0.2) is 0 Å². The summed E-state index contributed by atoms with van der Waals surface area (Å²) in [6.07, 6.45) is 0.679. The molecule has 0 heterocycles. The Morgan fingerprint density at radius 1 is 1.03 bits per heavy atom. The second-order valence-electron chi connectivity index (χ2n) is 7.87. The zero-order chi connectivity index (χ0) is 25.3. The Morgan fingerprint density at radius 2 is 1.71 bits per heavy atom. The molecule has 0 bridgehead atoms. The van der Waals surface area contributed by atoms with Crippen LogP contribution in [0, 0.1) is 12.7 Å². The zero-order valence-electron chi connectivity index (χ0n) is 19.7. The van der Waals surface area contributed by atoms with Gasteiger partial charge in [0.1, 0.15) is 18.1 Å². The largest absolute Gasteiger partial charge is 0.497 e. The lowest BCUT2D eigenvalue weighted by molar-refractivity contribution is -0.119. The first-order chi connectivity index (χ1) is 16.8. The van der Waals surface area contributed by atoms with Crippen molar-refractivity contribution in [1.82, 2.24) is 5.32 Å². The molecule has 0 atom stereocenters. The molecule has 0 aliphatic carbocycles. The number of aryl methyl sites for hydroxylation is 1. The molecular weight excluding hydrogens is 487 g/mol. The number of sulfonamides is 1. The van der Waals surface area contributed by atoms with Crippen molar-refractivity contribution < 1.29 is 22.3 Å². The maximum atomic E-state index is 13.7. The van der Waals surface area contributed by atoms with E-state index in [0.29, 0.717) is 35.7 Å². The van der Waals surface area contributed by atoms with Crippen molar-refractivity contribution in [2.45, 2.75) is 24.0 Å². The number of ether oxygens (including phenoxy) is 1. The van der Waals surface area contributed by atoms with Gasteiger partial charge in [0.2, 0.25) is 5.91 Å². The van der Waals surface area contributed by atoms with Crippen LogP contribution in [-0.2, 0) is 20.6 Å². The van der Waals surface area contributed by atoms with Gasteiger partial charge in [0.05, 0.1) is 17.7 Å². The highest BCUT2D eigenvalue weighted by atomic mass is 32.2. The Labute approximate surface area is 210 Å². The van der Waals surface area contributed by atoms with Crippen molar-refractivity contribution in [3.05, 3.63) is 89.7 Å². The molecule has 0 aromatic heterocycles. The van der Waals surface area contributed by atoms with Gasteiger partial charge in [-0.15, -0.1) is 0 Å². The average molecular weight is 517 g/mol. The maximum Gasteiger partial charge on any atom is 0.264 e. The highest BCUT2D eigenvalue weighted by molar-refractivity contribution is 7.98. The van der Waals surface area contributed by atoms with Crippen LogP contribution in [-0.4, -0.2) is 40.3 Å². The van der Waals surface area contributed by atoms with Crippen LogP contribution >= 0.6 is 11.8 Å². The average Bonchev–Trinajstić information content (AvgIpc) is 2.86. The quantitative estimate of drug-likeness (QED) is 0.351. The summed E-state index contributed by atoms with van der Waals surface area (Å²) in [5, 5.41) is 2.79. The number of thioether (sulfide) groups is 1. The predicted octanol–water partition coefficient (Wildman–Crippen LogP) is 4.78. The normalized spacial score (nSPS) is 11.2. The number of hydrogen-bond donors (Lipinski definition) is 1. The van der Waals surface area contributed by atoms with Crippen LogP contribution in [0.25, 0.3) is 0 Å². The van der Waals surface area contributed by atoms with E-state index >= 15 is 0 Å². The van der Waals surface area contributed by atoms with Crippen LogP contribution in [0.1, 0.15) is 17.5 Å². The van der Waals surface area contributed by atoms with Crippen molar-refractivity contribution in [2.24, 2.45) is 0 Å². The lowest BCUT2D eigenvalue weighted by Gasteiger charge is -2.24. The first kappa shape index (κ1) is 26.6. The molecule has 0 unspecified atom stereocenters. The Morgan fingerprint density at radius 3 is 2.37 bits per heavy atom. The minimum Gasteiger partial charge on any atom is -0.497 e. The predicted molar refractivity (Wildman–Crippen MR) is 139 cm³/mol. The smallest absolute Gasteiger partial charge is 0.264 e. The summed E-state index contributed by atoms with van der Waals surface area (Å²) >= 11 is 1.58. The van der Waals surface area contributed by atoms with E-state index in [0.717, 1.165) is 15.6 Å². The van der Waals surface area contributed by atoms with E-state index in [1.54, 1.807) is 66.4 Å². The zero-order valence-corrected chi connectivity index (χ0v) is 21.4. The Hall–Kier alpha value is -3.04. The molecule has 3 rings (SSSR count). The molecule has 35 heavy (non-hydrogen) atoms. The topological polar surface area (TPSA) is 75.7 Å². The van der Waals surface area contributed by atoms with Crippen molar-refractivity contribution >= 4 is 33.4 Å². The lowest BCUT2D eigenvalue weighted by atomic mass is 10.2. The molecule has 9 heteroatoms. The monoisotopic (exact) mass is 516 g/mol. The number of nitrogens with one attached hydrogen (secondary N) is 1. The van der Waals surface area contributed by atoms with E-state index in [1.165, 1.54) is 25.3 Å². The van der Waals surface area contributed by atoms with E-state index < -0.39 is 15.9 Å². The number of rotatable bonds is 12. The van der Waals surface area contributed by atoms with Gasteiger partial charge in [-0.1, -0.05) is 35.9 Å². The fourth-order valence-electron chi connectivity index (χ4n) is 3.29. The number of hydrogen-bond acceptors (Lipinski definition) is 5. The molecule has 0 radical (unpaired) electrons. The summed E-state index contributed by atoms with van der Waals surface area (Å²) < 4.78 is 46.7. The molecule has 6 nitrogen and oxygen atoms in total. The second kappa shape index (κ2) is 12.6. The van der Waals surface area contributed by atoms with Crippen LogP contribution in [0.5, 0.6) is 5.75 Å². The molecule has 0 spiro atoms. The van der Waals surface area contributed by atoms with Gasteiger partial charge < -0.3 is 10.1 Å². The summed E-state index contributed by atoms with van der Waals surface area (Å²) in [5.41, 5.74) is 1.95. The van der Waals surface area contributed by atoms with Gasteiger partial charge in [-0.25, -0.2) is 12.8 Å². The molecule has 0 aliphatic heterocycles. The number of halogens is 1. The minimum atomic E-state index is -3.97. The van der Waals surface area contributed by atoms with Gasteiger partial charge in [-0.3, -0.25) is 9.10 Å². The molecule has 3 aromatic carbocycles. The van der Waals surface area contributed by atoms with Gasteiger partial charge in [0.25, 0.3) is 10.0 Å². The van der Waals surface area contributed by atoms with Crippen LogP contribution in [0.15, 0.2) is 77.7 Å². The number of benzene rings is 3. The SMILES string of the molecule is COc1ccc(N(CC(=O)NCCCSCc2ccccc2F)S(=O)(=O)c2ccc(C)cc2)cc1. The van der Waals surface area contributed by atoms with E-state index in [-0.39, 0.29) is 17.3 Å². The van der Waals surface area contributed by atoms with Gasteiger partial charge >= 0.3 is 0 Å². The molecule has 1 N–H and O–H groups in total. The van der Waals surface area contributed by atoms with Gasteiger partial charge in [0, 0.05) is 12.3 Å². The number of nitrogens with zero attached hydrogens (tertiary/aromatic N) is 1. The van der Waals surface area contributed by atoms with Crippen LogP contribution < -0.4 is 14.4 Å². The minimum absolute atomic E-state index is 0.108. The standard InChI is InChI=1S/C26H29FN2O4S2/c1-20-8-14-24(15-9-20)35(31,32)29(22-10-12-23(33-2)13-11-22)18-26(30)28-16-5-17-34-19-21-6-3-4-7-25(21)27/h3-4,6-15H,5,16-19H2,1-2H3,(H,28,30). The third kappa shape index (κ3) is 7.47. The number of amides is 1. The first-order valence-corrected chi connectivity index (χ1v) is 13.7. The summed E-state index contributed by atoms with van der Waals surface area (Å²) in [7, 11) is -2.44. The molecule has 0 aliphatic rings. The fraction of sp³-hybridized carbons (Fsp3) is 0.269. The highest BCUT2D eigenvalue weighted by Crippen LogP contribution is 2.26. The molecular formula is C26H29FN2O4S2. The maximum absolute atomic E-state index is 13.7. The summed E-state index contributed by atoms with van der Waals surface area (Å²) in [6.45, 7) is 1.91.